The van der Waals surface area contributed by atoms with Crippen molar-refractivity contribution in [1.82, 2.24) is 4.90 Å². The Morgan fingerprint density at radius 1 is 1.12 bits per heavy atom. The third-order valence-corrected chi connectivity index (χ3v) is 7.99. The van der Waals surface area contributed by atoms with Gasteiger partial charge in [-0.15, -0.1) is 0 Å². The summed E-state index contributed by atoms with van der Waals surface area (Å²) in [7, 11) is -3.18. The van der Waals surface area contributed by atoms with Gasteiger partial charge in [0.05, 0.1) is 4.90 Å². The fourth-order valence-corrected chi connectivity index (χ4v) is 5.59. The molecular weight excluding hydrogens is 438 g/mol. The molecule has 0 aromatic heterocycles. The average Bonchev–Trinajstić information content (AvgIpc) is 2.73. The molecular formula is C27H36ClNO2S. The molecule has 0 amide bonds. The first-order chi connectivity index (χ1) is 15.0. The number of sulfone groups is 1. The van der Waals surface area contributed by atoms with Crippen LogP contribution in [0.1, 0.15) is 64.0 Å². The first kappa shape index (κ1) is 25.0. The number of nitrogens with zero attached hydrogens (tertiary/aromatic N) is 1. The number of piperidine rings is 1. The second kappa shape index (κ2) is 10.1. The van der Waals surface area contributed by atoms with Gasteiger partial charge in [0.15, 0.2) is 9.84 Å². The fourth-order valence-electron chi connectivity index (χ4n) is 4.78. The maximum Gasteiger partial charge on any atom is 0.175 e. The molecule has 1 unspecified atom stereocenters. The highest BCUT2D eigenvalue weighted by Crippen LogP contribution is 2.35. The summed E-state index contributed by atoms with van der Waals surface area (Å²) in [6, 6.07) is 16.1. The van der Waals surface area contributed by atoms with Crippen molar-refractivity contribution in [2.75, 3.05) is 19.3 Å². The SMILES string of the molecule is CC(C)=CC(CC(C)(C)c1ccc(Cl)cc1)N1CCC(c2cccc(S(C)(=O)=O)c2)CC1. The van der Waals surface area contributed by atoms with Gasteiger partial charge in [-0.3, -0.25) is 4.90 Å². The summed E-state index contributed by atoms with van der Waals surface area (Å²) >= 11 is 6.11. The lowest BCUT2D eigenvalue weighted by Crippen LogP contribution is -2.43. The standard InChI is InChI=1S/C27H36ClNO2S/c1-20(2)17-25(19-27(3,4)23-9-11-24(28)12-10-23)29-15-13-21(14-16-29)22-7-6-8-26(18-22)32(5,30)31/h6-12,17-18,21,25H,13-16,19H2,1-5H3. The monoisotopic (exact) mass is 473 g/mol. The molecule has 32 heavy (non-hydrogen) atoms. The van der Waals surface area contributed by atoms with Gasteiger partial charge in [-0.1, -0.05) is 61.4 Å². The average molecular weight is 474 g/mol. The van der Waals surface area contributed by atoms with E-state index >= 15 is 0 Å². The number of halogens is 1. The van der Waals surface area contributed by atoms with E-state index in [1.165, 1.54) is 17.4 Å². The number of allylic oxidation sites excluding steroid dienone is 1. The van der Waals surface area contributed by atoms with Gasteiger partial charge in [0.2, 0.25) is 0 Å². The van der Waals surface area contributed by atoms with E-state index in [9.17, 15) is 8.42 Å². The Bertz CT molecular complexity index is 1050. The van der Waals surface area contributed by atoms with Crippen LogP contribution in [0.5, 0.6) is 0 Å². The minimum Gasteiger partial charge on any atom is -0.297 e. The molecule has 0 saturated carbocycles. The highest BCUT2D eigenvalue weighted by molar-refractivity contribution is 7.90. The molecule has 2 aromatic rings. The molecule has 1 aliphatic heterocycles. The third kappa shape index (κ3) is 6.46. The van der Waals surface area contributed by atoms with Crippen molar-refractivity contribution < 1.29 is 8.42 Å². The molecule has 1 atom stereocenters. The van der Waals surface area contributed by atoms with Crippen LogP contribution in [0.15, 0.2) is 65.1 Å². The smallest absolute Gasteiger partial charge is 0.175 e. The predicted octanol–water partition coefficient (Wildman–Crippen LogP) is 6.63. The summed E-state index contributed by atoms with van der Waals surface area (Å²) in [5.41, 5.74) is 3.82. The molecule has 1 aliphatic rings. The topological polar surface area (TPSA) is 37.4 Å². The minimum atomic E-state index is -3.18. The molecule has 3 rings (SSSR count). The van der Waals surface area contributed by atoms with Gasteiger partial charge >= 0.3 is 0 Å². The van der Waals surface area contributed by atoms with Crippen LogP contribution < -0.4 is 0 Å². The van der Waals surface area contributed by atoms with Gasteiger partial charge in [0.1, 0.15) is 0 Å². The van der Waals surface area contributed by atoms with Crippen LogP contribution >= 0.6 is 11.6 Å². The second-order valence-corrected chi connectivity index (χ2v) is 12.5. The lowest BCUT2D eigenvalue weighted by atomic mass is 9.78. The highest BCUT2D eigenvalue weighted by atomic mass is 35.5. The largest absolute Gasteiger partial charge is 0.297 e. The zero-order valence-electron chi connectivity index (χ0n) is 19.9. The van der Waals surface area contributed by atoms with Gasteiger partial charge in [0, 0.05) is 17.3 Å². The van der Waals surface area contributed by atoms with Crippen LogP contribution in [0.2, 0.25) is 5.02 Å². The van der Waals surface area contributed by atoms with Crippen LogP contribution in [-0.4, -0.2) is 38.7 Å². The van der Waals surface area contributed by atoms with Gasteiger partial charge in [0.25, 0.3) is 0 Å². The fraction of sp³-hybridized carbons (Fsp3) is 0.481. The van der Waals surface area contributed by atoms with Crippen LogP contribution in [0.4, 0.5) is 0 Å². The zero-order chi connectivity index (χ0) is 23.5. The van der Waals surface area contributed by atoms with Crippen molar-refractivity contribution in [1.29, 1.82) is 0 Å². The van der Waals surface area contributed by atoms with E-state index in [0.717, 1.165) is 42.9 Å². The maximum atomic E-state index is 12.0. The van der Waals surface area contributed by atoms with Crippen molar-refractivity contribution in [3.05, 3.63) is 76.3 Å². The summed E-state index contributed by atoms with van der Waals surface area (Å²) < 4.78 is 23.9. The summed E-state index contributed by atoms with van der Waals surface area (Å²) in [5.74, 6) is 0.407. The Kier molecular flexibility index (Phi) is 7.90. The van der Waals surface area contributed by atoms with Crippen LogP contribution in [0.3, 0.4) is 0 Å². The zero-order valence-corrected chi connectivity index (χ0v) is 21.5. The molecule has 0 aliphatic carbocycles. The van der Waals surface area contributed by atoms with Gasteiger partial charge < -0.3 is 0 Å². The Hall–Kier alpha value is -1.62. The van der Waals surface area contributed by atoms with Crippen LogP contribution in [0.25, 0.3) is 0 Å². The summed E-state index contributed by atoms with van der Waals surface area (Å²) in [4.78, 5) is 3.02. The quantitative estimate of drug-likeness (QED) is 0.423. The summed E-state index contributed by atoms with van der Waals surface area (Å²) in [6.45, 7) is 11.0. The lowest BCUT2D eigenvalue weighted by molar-refractivity contribution is 0.155. The van der Waals surface area contributed by atoms with E-state index in [1.54, 1.807) is 6.07 Å². The molecule has 0 N–H and O–H groups in total. The van der Waals surface area contributed by atoms with E-state index in [1.807, 2.05) is 24.3 Å². The number of likely N-dealkylation sites (tertiary alicyclic amines) is 1. The van der Waals surface area contributed by atoms with Crippen molar-refractivity contribution in [2.45, 2.75) is 69.2 Å². The Morgan fingerprint density at radius 2 is 1.75 bits per heavy atom. The van der Waals surface area contributed by atoms with Crippen molar-refractivity contribution in [3.8, 4) is 0 Å². The molecule has 0 radical (unpaired) electrons. The predicted molar refractivity (Wildman–Crippen MR) is 135 cm³/mol. The van der Waals surface area contributed by atoms with E-state index in [0.29, 0.717) is 16.9 Å². The van der Waals surface area contributed by atoms with Crippen molar-refractivity contribution in [2.24, 2.45) is 0 Å². The van der Waals surface area contributed by atoms with E-state index in [2.05, 4.69) is 56.9 Å². The van der Waals surface area contributed by atoms with Gasteiger partial charge in [-0.05, 0) is 92.9 Å². The van der Waals surface area contributed by atoms with Gasteiger partial charge in [-0.25, -0.2) is 8.42 Å². The number of benzene rings is 2. The number of hydrogen-bond acceptors (Lipinski definition) is 3. The van der Waals surface area contributed by atoms with E-state index in [4.69, 9.17) is 11.6 Å². The number of hydrogen-bond donors (Lipinski definition) is 0. The van der Waals surface area contributed by atoms with E-state index < -0.39 is 9.84 Å². The number of rotatable bonds is 7. The molecule has 3 nitrogen and oxygen atoms in total. The molecule has 0 spiro atoms. The molecule has 1 fully saturated rings. The summed E-state index contributed by atoms with van der Waals surface area (Å²) in [5, 5.41) is 0.771. The Labute approximate surface area is 199 Å². The molecule has 2 aromatic carbocycles. The molecule has 0 bridgehead atoms. The lowest BCUT2D eigenvalue weighted by Gasteiger charge is -2.40. The molecule has 1 saturated heterocycles. The second-order valence-electron chi connectivity index (χ2n) is 10.1. The normalized spacial score (nSPS) is 17.2. The Morgan fingerprint density at radius 3 is 2.31 bits per heavy atom. The van der Waals surface area contributed by atoms with Crippen LogP contribution in [-0.2, 0) is 15.3 Å². The minimum absolute atomic E-state index is 0.0296. The van der Waals surface area contributed by atoms with E-state index in [-0.39, 0.29) is 5.41 Å². The van der Waals surface area contributed by atoms with Gasteiger partial charge in [-0.2, -0.15) is 0 Å². The summed E-state index contributed by atoms with van der Waals surface area (Å²) in [6.07, 6.45) is 6.81. The Balaban J connectivity index is 1.73. The first-order valence-corrected chi connectivity index (χ1v) is 13.7. The highest BCUT2D eigenvalue weighted by Gasteiger charge is 2.30. The van der Waals surface area contributed by atoms with Crippen LogP contribution in [0, 0.1) is 0 Å². The first-order valence-electron chi connectivity index (χ1n) is 11.4. The van der Waals surface area contributed by atoms with Crippen molar-refractivity contribution in [3.63, 3.8) is 0 Å². The third-order valence-electron chi connectivity index (χ3n) is 6.63. The molecule has 174 valence electrons. The molecule has 5 heteroatoms. The maximum absolute atomic E-state index is 12.0. The molecule has 1 heterocycles. The van der Waals surface area contributed by atoms with Crippen molar-refractivity contribution >= 4 is 21.4 Å².